The summed E-state index contributed by atoms with van der Waals surface area (Å²) in [6.07, 6.45) is 3.97. The summed E-state index contributed by atoms with van der Waals surface area (Å²) in [6, 6.07) is 0. The lowest BCUT2D eigenvalue weighted by atomic mass is 10.1. The number of carbonyl (C=O) groups excluding carboxylic acids is 2. The molecule has 2 aliphatic heterocycles. The largest absolute Gasteiger partial charge is 0.378 e. The normalized spacial score (nSPS) is 18.3. The molecule has 0 aromatic carbocycles. The van der Waals surface area contributed by atoms with Crippen molar-refractivity contribution in [2.24, 2.45) is 5.92 Å². The van der Waals surface area contributed by atoms with Crippen LogP contribution in [0.25, 0.3) is 0 Å². The first-order valence-electron chi connectivity index (χ1n) is 9.24. The molecular weight excluding hydrogens is 292 g/mol. The van der Waals surface area contributed by atoms with Crippen molar-refractivity contribution in [1.29, 1.82) is 0 Å². The molecule has 0 aliphatic carbocycles. The number of morpholine rings is 1. The molecule has 2 amide bonds. The van der Waals surface area contributed by atoms with Gasteiger partial charge in [0.15, 0.2) is 0 Å². The van der Waals surface area contributed by atoms with Gasteiger partial charge in [0.25, 0.3) is 0 Å². The number of carbonyl (C=O) groups is 2. The van der Waals surface area contributed by atoms with E-state index in [1.165, 1.54) is 12.8 Å². The molecule has 0 radical (unpaired) electrons. The van der Waals surface area contributed by atoms with Crippen LogP contribution in [0.5, 0.6) is 0 Å². The molecule has 2 rings (SSSR count). The molecule has 0 spiro atoms. The molecule has 2 heterocycles. The minimum Gasteiger partial charge on any atom is -0.378 e. The van der Waals surface area contributed by atoms with E-state index in [1.54, 1.807) is 0 Å². The minimum atomic E-state index is 0.230. The van der Waals surface area contributed by atoms with Crippen LogP contribution in [-0.4, -0.2) is 61.0 Å². The molecule has 2 saturated heterocycles. The van der Waals surface area contributed by atoms with Gasteiger partial charge in [-0.15, -0.1) is 0 Å². The Morgan fingerprint density at radius 1 is 0.957 bits per heavy atom. The van der Waals surface area contributed by atoms with Gasteiger partial charge in [-0.25, -0.2) is 0 Å². The molecule has 0 saturated carbocycles. The van der Waals surface area contributed by atoms with E-state index in [9.17, 15) is 9.59 Å². The molecule has 0 aromatic heterocycles. The molecule has 0 bridgehead atoms. The van der Waals surface area contributed by atoms with Crippen molar-refractivity contribution in [1.82, 2.24) is 9.80 Å². The van der Waals surface area contributed by atoms with Crippen LogP contribution in [0.15, 0.2) is 0 Å². The van der Waals surface area contributed by atoms with E-state index in [-0.39, 0.29) is 11.8 Å². The zero-order valence-electron chi connectivity index (χ0n) is 15.8. The van der Waals surface area contributed by atoms with Crippen molar-refractivity contribution >= 4 is 11.8 Å². The average molecular weight is 328 g/mol. The van der Waals surface area contributed by atoms with Gasteiger partial charge in [0.05, 0.1) is 13.2 Å². The monoisotopic (exact) mass is 328 g/mol. The Bertz CT molecular complexity index is 322. The predicted octanol–water partition coefficient (Wildman–Crippen LogP) is 2.94. The van der Waals surface area contributed by atoms with Crippen LogP contribution in [0.4, 0.5) is 0 Å². The Kier molecular flexibility index (Phi) is 12.7. The molecule has 5 nitrogen and oxygen atoms in total. The summed E-state index contributed by atoms with van der Waals surface area (Å²) in [5, 5.41) is 0. The van der Waals surface area contributed by atoms with Gasteiger partial charge >= 0.3 is 0 Å². The molecule has 23 heavy (non-hydrogen) atoms. The SMILES string of the molecule is CC.CCC(=O)N1CCOCC1.CCC(C)C(=O)N1CCCC1. The minimum absolute atomic E-state index is 0.230. The Labute approximate surface area is 142 Å². The molecule has 136 valence electrons. The van der Waals surface area contributed by atoms with E-state index >= 15 is 0 Å². The van der Waals surface area contributed by atoms with Gasteiger partial charge in [-0.05, 0) is 19.3 Å². The highest BCUT2D eigenvalue weighted by atomic mass is 16.5. The summed E-state index contributed by atoms with van der Waals surface area (Å²) in [6.45, 7) is 14.9. The summed E-state index contributed by atoms with van der Waals surface area (Å²) in [5.41, 5.74) is 0. The number of nitrogens with zero attached hydrogens (tertiary/aromatic N) is 2. The maximum Gasteiger partial charge on any atom is 0.225 e. The number of likely N-dealkylation sites (tertiary alicyclic amines) is 1. The van der Waals surface area contributed by atoms with Crippen molar-refractivity contribution in [2.75, 3.05) is 39.4 Å². The Morgan fingerprint density at radius 2 is 1.48 bits per heavy atom. The molecule has 0 N–H and O–H groups in total. The lowest BCUT2D eigenvalue weighted by molar-refractivity contribution is -0.135. The van der Waals surface area contributed by atoms with Gasteiger partial charge in [-0.1, -0.05) is 34.6 Å². The number of ether oxygens (including phenoxy) is 1. The zero-order chi connectivity index (χ0) is 17.7. The van der Waals surface area contributed by atoms with E-state index in [4.69, 9.17) is 4.74 Å². The highest BCUT2D eigenvalue weighted by molar-refractivity contribution is 5.78. The quantitative estimate of drug-likeness (QED) is 0.800. The van der Waals surface area contributed by atoms with Crippen LogP contribution < -0.4 is 0 Å². The summed E-state index contributed by atoms with van der Waals surface area (Å²) >= 11 is 0. The second kappa shape index (κ2) is 13.3. The molecule has 2 aliphatic rings. The fourth-order valence-electron chi connectivity index (χ4n) is 2.46. The first-order valence-corrected chi connectivity index (χ1v) is 9.24. The Hall–Kier alpha value is -1.10. The zero-order valence-corrected chi connectivity index (χ0v) is 15.8. The average Bonchev–Trinajstić information content (AvgIpc) is 3.17. The van der Waals surface area contributed by atoms with Crippen LogP contribution >= 0.6 is 0 Å². The smallest absolute Gasteiger partial charge is 0.225 e. The summed E-state index contributed by atoms with van der Waals surface area (Å²) < 4.78 is 5.10. The van der Waals surface area contributed by atoms with Crippen LogP contribution in [0, 0.1) is 5.92 Å². The standard InChI is InChI=1S/C9H17NO.C7H13NO2.C2H6/c1-3-8(2)9(11)10-6-4-5-7-10;1-2-7(9)8-3-5-10-6-4-8;1-2/h8H,3-7H2,1-2H3;2-6H2,1H3;1-2H3. The van der Waals surface area contributed by atoms with Crippen molar-refractivity contribution in [3.63, 3.8) is 0 Å². The fourth-order valence-corrected chi connectivity index (χ4v) is 2.46. The lowest BCUT2D eigenvalue weighted by Crippen LogP contribution is -2.40. The van der Waals surface area contributed by atoms with Crippen molar-refractivity contribution in [3.05, 3.63) is 0 Å². The maximum absolute atomic E-state index is 11.5. The van der Waals surface area contributed by atoms with Crippen LogP contribution in [0.1, 0.15) is 60.3 Å². The molecule has 1 unspecified atom stereocenters. The summed E-state index contributed by atoms with van der Waals surface area (Å²) in [4.78, 5) is 26.4. The van der Waals surface area contributed by atoms with Crippen molar-refractivity contribution in [2.45, 2.75) is 60.3 Å². The first-order chi connectivity index (χ1) is 11.1. The van der Waals surface area contributed by atoms with Gasteiger partial charge in [0.2, 0.25) is 11.8 Å². The third kappa shape index (κ3) is 8.35. The van der Waals surface area contributed by atoms with Gasteiger partial charge in [0, 0.05) is 38.5 Å². The summed E-state index contributed by atoms with van der Waals surface area (Å²) in [5.74, 6) is 0.821. The molecular formula is C18H36N2O3. The number of hydrogen-bond acceptors (Lipinski definition) is 3. The predicted molar refractivity (Wildman–Crippen MR) is 94.3 cm³/mol. The number of hydrogen-bond donors (Lipinski definition) is 0. The van der Waals surface area contributed by atoms with Crippen LogP contribution in [-0.2, 0) is 14.3 Å². The fraction of sp³-hybridized carbons (Fsp3) is 0.889. The molecule has 2 fully saturated rings. The van der Waals surface area contributed by atoms with Crippen molar-refractivity contribution in [3.8, 4) is 0 Å². The second-order valence-electron chi connectivity index (χ2n) is 5.69. The van der Waals surface area contributed by atoms with Gasteiger partial charge < -0.3 is 14.5 Å². The van der Waals surface area contributed by atoms with E-state index in [1.807, 2.05) is 37.5 Å². The number of amides is 2. The highest BCUT2D eigenvalue weighted by Crippen LogP contribution is 2.13. The van der Waals surface area contributed by atoms with E-state index in [0.29, 0.717) is 25.5 Å². The van der Waals surface area contributed by atoms with Gasteiger partial charge in [-0.3, -0.25) is 9.59 Å². The highest BCUT2D eigenvalue weighted by Gasteiger charge is 2.21. The third-order valence-corrected chi connectivity index (χ3v) is 4.12. The van der Waals surface area contributed by atoms with Gasteiger partial charge in [0.1, 0.15) is 0 Å². The lowest BCUT2D eigenvalue weighted by Gasteiger charge is -2.26. The third-order valence-electron chi connectivity index (χ3n) is 4.12. The first kappa shape index (κ1) is 21.9. The van der Waals surface area contributed by atoms with Gasteiger partial charge in [-0.2, -0.15) is 0 Å². The Morgan fingerprint density at radius 3 is 1.91 bits per heavy atom. The van der Waals surface area contributed by atoms with Crippen molar-refractivity contribution < 1.29 is 14.3 Å². The summed E-state index contributed by atoms with van der Waals surface area (Å²) in [7, 11) is 0. The van der Waals surface area contributed by atoms with Crippen LogP contribution in [0.3, 0.4) is 0 Å². The molecule has 5 heteroatoms. The van der Waals surface area contributed by atoms with E-state index in [0.717, 1.165) is 32.6 Å². The number of rotatable bonds is 3. The molecule has 1 atom stereocenters. The van der Waals surface area contributed by atoms with Crippen LogP contribution in [0.2, 0.25) is 0 Å². The topological polar surface area (TPSA) is 49.9 Å². The maximum atomic E-state index is 11.5. The van der Waals surface area contributed by atoms with E-state index in [2.05, 4.69) is 6.92 Å². The van der Waals surface area contributed by atoms with E-state index < -0.39 is 0 Å². The second-order valence-corrected chi connectivity index (χ2v) is 5.69. The Balaban J connectivity index is 0.000000381. The molecule has 0 aromatic rings.